The zero-order valence-electron chi connectivity index (χ0n) is 16.2. The monoisotopic (exact) mass is 402 g/mol. The van der Waals surface area contributed by atoms with Crippen molar-refractivity contribution in [3.8, 4) is 0 Å². The van der Waals surface area contributed by atoms with Crippen LogP contribution in [0.5, 0.6) is 0 Å². The summed E-state index contributed by atoms with van der Waals surface area (Å²) in [5.74, 6) is 0.618. The molecule has 2 heterocycles. The van der Waals surface area contributed by atoms with E-state index in [0.29, 0.717) is 12.5 Å². The Morgan fingerprint density at radius 3 is 2.62 bits per heavy atom. The van der Waals surface area contributed by atoms with Crippen molar-refractivity contribution in [3.05, 3.63) is 71.7 Å². The lowest BCUT2D eigenvalue weighted by Gasteiger charge is -2.27. The van der Waals surface area contributed by atoms with E-state index in [1.165, 1.54) is 14.6 Å². The smallest absolute Gasteiger partial charge is 0.279 e. The van der Waals surface area contributed by atoms with E-state index >= 15 is 0 Å². The highest BCUT2D eigenvalue weighted by Gasteiger charge is 2.27. The van der Waals surface area contributed by atoms with Gasteiger partial charge in [0.15, 0.2) is 6.54 Å². The zero-order valence-corrected chi connectivity index (χ0v) is 17.0. The molecule has 0 saturated carbocycles. The first-order chi connectivity index (χ1) is 14.3. The molecule has 0 bridgehead atoms. The van der Waals surface area contributed by atoms with Crippen LogP contribution in [0.2, 0.25) is 0 Å². The van der Waals surface area contributed by atoms with Gasteiger partial charge in [0.2, 0.25) is 0 Å². The molecule has 0 aliphatic carbocycles. The van der Waals surface area contributed by atoms with Crippen molar-refractivity contribution in [2.75, 3.05) is 25.0 Å². The van der Waals surface area contributed by atoms with Crippen LogP contribution in [-0.4, -0.2) is 30.5 Å². The molecule has 1 amide bonds. The molecule has 3 aromatic carbocycles. The molecule has 5 heteroatoms. The number of hydrogen-bond acceptors (Lipinski definition) is 3. The van der Waals surface area contributed by atoms with Gasteiger partial charge in [-0.05, 0) is 23.6 Å². The van der Waals surface area contributed by atoms with Gasteiger partial charge in [0.05, 0.1) is 28.3 Å². The third kappa shape index (κ3) is 3.88. The molecular weight excluding hydrogens is 378 g/mol. The first kappa shape index (κ1) is 18.3. The van der Waals surface area contributed by atoms with Gasteiger partial charge in [-0.1, -0.05) is 48.5 Å². The number of quaternary nitrogens is 1. The molecule has 5 rings (SSSR count). The fourth-order valence-corrected chi connectivity index (χ4v) is 5.41. The summed E-state index contributed by atoms with van der Waals surface area (Å²) in [6.07, 6.45) is 2.19. The second-order valence-electron chi connectivity index (χ2n) is 7.80. The number of anilines is 1. The molecule has 0 atom stereocenters. The fourth-order valence-electron chi connectivity index (χ4n) is 4.27. The number of benzene rings is 3. The molecule has 1 saturated heterocycles. The van der Waals surface area contributed by atoms with Crippen LogP contribution in [0.15, 0.2) is 66.7 Å². The summed E-state index contributed by atoms with van der Waals surface area (Å²) in [4.78, 5) is 18.8. The van der Waals surface area contributed by atoms with Gasteiger partial charge in [0.25, 0.3) is 5.91 Å². The van der Waals surface area contributed by atoms with Crippen LogP contribution in [-0.2, 0) is 4.79 Å². The SMILES string of the molecule is O=C(C[NH+]1CCC(c2nc3ccccc3s2)CC1)Nc1cccc2ccccc12. The summed E-state index contributed by atoms with van der Waals surface area (Å²) in [5.41, 5.74) is 2.01. The molecule has 1 aliphatic rings. The van der Waals surface area contributed by atoms with E-state index in [4.69, 9.17) is 4.98 Å². The topological polar surface area (TPSA) is 46.4 Å². The third-order valence-corrected chi connectivity index (χ3v) is 7.03. The second-order valence-corrected chi connectivity index (χ2v) is 8.86. The maximum absolute atomic E-state index is 12.7. The average Bonchev–Trinajstić information content (AvgIpc) is 3.19. The number of hydrogen-bond donors (Lipinski definition) is 2. The lowest BCUT2D eigenvalue weighted by Crippen LogP contribution is -3.14. The molecule has 4 nitrogen and oxygen atoms in total. The average molecular weight is 403 g/mol. The summed E-state index contributed by atoms with van der Waals surface area (Å²) in [6.45, 7) is 2.56. The number of amides is 1. The maximum Gasteiger partial charge on any atom is 0.279 e. The highest BCUT2D eigenvalue weighted by atomic mass is 32.1. The summed E-state index contributed by atoms with van der Waals surface area (Å²) in [5, 5.41) is 6.62. The van der Waals surface area contributed by atoms with Gasteiger partial charge in [0.1, 0.15) is 0 Å². The van der Waals surface area contributed by atoms with Crippen LogP contribution in [0.25, 0.3) is 21.0 Å². The summed E-state index contributed by atoms with van der Waals surface area (Å²) < 4.78 is 1.27. The number of thiazole rings is 1. The van der Waals surface area contributed by atoms with Crippen molar-refractivity contribution in [1.29, 1.82) is 0 Å². The highest BCUT2D eigenvalue weighted by Crippen LogP contribution is 2.31. The summed E-state index contributed by atoms with van der Waals surface area (Å²) >= 11 is 1.82. The number of aromatic nitrogens is 1. The Morgan fingerprint density at radius 2 is 1.76 bits per heavy atom. The summed E-state index contributed by atoms with van der Waals surface area (Å²) in [7, 11) is 0. The lowest BCUT2D eigenvalue weighted by molar-refractivity contribution is -0.897. The van der Waals surface area contributed by atoms with E-state index in [9.17, 15) is 4.79 Å². The van der Waals surface area contributed by atoms with Gasteiger partial charge in [-0.15, -0.1) is 11.3 Å². The van der Waals surface area contributed by atoms with Gasteiger partial charge in [-0.25, -0.2) is 4.98 Å². The van der Waals surface area contributed by atoms with Crippen LogP contribution < -0.4 is 10.2 Å². The predicted octanol–water partition coefficient (Wildman–Crippen LogP) is 3.85. The van der Waals surface area contributed by atoms with Crippen molar-refractivity contribution < 1.29 is 9.69 Å². The minimum atomic E-state index is 0.0924. The third-order valence-electron chi connectivity index (χ3n) is 5.83. The molecule has 1 aromatic heterocycles. The van der Waals surface area contributed by atoms with Crippen LogP contribution >= 0.6 is 11.3 Å². The molecule has 0 radical (unpaired) electrons. The molecule has 1 aliphatic heterocycles. The molecule has 146 valence electrons. The number of rotatable bonds is 4. The minimum Gasteiger partial charge on any atom is -0.327 e. The number of para-hydroxylation sites is 1. The standard InChI is InChI=1S/C24H23N3OS/c28-23(25-20-10-5-7-17-6-1-2-8-19(17)20)16-27-14-12-18(13-15-27)24-26-21-9-3-4-11-22(21)29-24/h1-11,18H,12-16H2,(H,25,28)/p+1. The Hall–Kier alpha value is -2.76. The normalized spacial score (nSPS) is 19.4. The van der Waals surface area contributed by atoms with Gasteiger partial charge < -0.3 is 10.2 Å². The number of likely N-dealkylation sites (tertiary alicyclic amines) is 1. The number of piperidine rings is 1. The highest BCUT2D eigenvalue weighted by molar-refractivity contribution is 7.18. The lowest BCUT2D eigenvalue weighted by atomic mass is 9.97. The van der Waals surface area contributed by atoms with E-state index < -0.39 is 0 Å². The molecule has 1 fully saturated rings. The van der Waals surface area contributed by atoms with E-state index in [0.717, 1.165) is 47.9 Å². The van der Waals surface area contributed by atoms with E-state index in [2.05, 4.69) is 41.7 Å². The Bertz CT molecular complexity index is 1120. The van der Waals surface area contributed by atoms with Gasteiger partial charge in [0, 0.05) is 29.8 Å². The molecule has 0 unspecified atom stereocenters. The molecule has 29 heavy (non-hydrogen) atoms. The quantitative estimate of drug-likeness (QED) is 0.545. The van der Waals surface area contributed by atoms with E-state index in [1.807, 2.05) is 41.7 Å². The number of fused-ring (bicyclic) bond motifs is 2. The molecular formula is C24H24N3OS+. The van der Waals surface area contributed by atoms with Crippen LogP contribution in [0, 0.1) is 0 Å². The largest absolute Gasteiger partial charge is 0.327 e. The molecule has 4 aromatic rings. The van der Waals surface area contributed by atoms with Gasteiger partial charge in [-0.3, -0.25) is 4.79 Å². The maximum atomic E-state index is 12.7. The Kier molecular flexibility index (Phi) is 5.00. The van der Waals surface area contributed by atoms with Crippen LogP contribution in [0.4, 0.5) is 5.69 Å². The minimum absolute atomic E-state index is 0.0924. The van der Waals surface area contributed by atoms with E-state index in [1.54, 1.807) is 0 Å². The number of carbonyl (C=O) groups is 1. The number of nitrogens with zero attached hydrogens (tertiary/aromatic N) is 1. The summed E-state index contributed by atoms with van der Waals surface area (Å²) in [6, 6.07) is 22.6. The van der Waals surface area contributed by atoms with Gasteiger partial charge in [-0.2, -0.15) is 0 Å². The number of nitrogens with one attached hydrogen (secondary N) is 2. The fraction of sp³-hybridized carbons (Fsp3) is 0.250. The van der Waals surface area contributed by atoms with Crippen molar-refractivity contribution >= 4 is 43.9 Å². The Morgan fingerprint density at radius 1 is 1.00 bits per heavy atom. The first-order valence-corrected chi connectivity index (χ1v) is 11.0. The van der Waals surface area contributed by atoms with Crippen molar-refractivity contribution in [1.82, 2.24) is 4.98 Å². The predicted molar refractivity (Wildman–Crippen MR) is 120 cm³/mol. The second kappa shape index (κ2) is 7.93. The van der Waals surface area contributed by atoms with Crippen molar-refractivity contribution in [2.24, 2.45) is 0 Å². The molecule has 0 spiro atoms. The van der Waals surface area contributed by atoms with Crippen LogP contribution in [0.1, 0.15) is 23.8 Å². The molecule has 2 N–H and O–H groups in total. The van der Waals surface area contributed by atoms with Crippen molar-refractivity contribution in [3.63, 3.8) is 0 Å². The number of carbonyl (C=O) groups excluding carboxylic acids is 1. The van der Waals surface area contributed by atoms with Crippen LogP contribution in [0.3, 0.4) is 0 Å². The zero-order chi connectivity index (χ0) is 19.6. The Balaban J connectivity index is 1.19. The van der Waals surface area contributed by atoms with E-state index in [-0.39, 0.29) is 5.91 Å². The van der Waals surface area contributed by atoms with Gasteiger partial charge >= 0.3 is 0 Å². The first-order valence-electron chi connectivity index (χ1n) is 10.2. The van der Waals surface area contributed by atoms with Crippen molar-refractivity contribution in [2.45, 2.75) is 18.8 Å². The Labute approximate surface area is 174 Å².